The van der Waals surface area contributed by atoms with Gasteiger partial charge in [-0.05, 0) is 55.0 Å². The van der Waals surface area contributed by atoms with Gasteiger partial charge in [-0.15, -0.1) is 0 Å². The van der Waals surface area contributed by atoms with Gasteiger partial charge in [0, 0.05) is 9.50 Å². The first-order chi connectivity index (χ1) is 13.4. The van der Waals surface area contributed by atoms with Gasteiger partial charge >= 0.3 is 0 Å². The first-order valence-electron chi connectivity index (χ1n) is 8.43. The first kappa shape index (κ1) is 20.2. The number of carbonyl (C=O) groups excluding carboxylic acids is 1. The Kier molecular flexibility index (Phi) is 6.21. The summed E-state index contributed by atoms with van der Waals surface area (Å²) < 4.78 is 11.8. The molecule has 1 amide bonds. The fourth-order valence-corrected chi connectivity index (χ4v) is 3.24. The average Bonchev–Trinajstić information content (AvgIpc) is 2.96. The second-order valence-electron chi connectivity index (χ2n) is 5.96. The van der Waals surface area contributed by atoms with Crippen LogP contribution in [0.3, 0.4) is 0 Å². The van der Waals surface area contributed by atoms with Crippen LogP contribution in [0.4, 0.5) is 5.69 Å². The predicted molar refractivity (Wildman–Crippen MR) is 116 cm³/mol. The average molecular weight is 462 g/mol. The molecule has 1 aliphatic heterocycles. The molecule has 1 heterocycles. The van der Waals surface area contributed by atoms with Gasteiger partial charge in [0.2, 0.25) is 0 Å². The number of hydrazone groups is 1. The summed E-state index contributed by atoms with van der Waals surface area (Å²) in [6.07, 6.45) is 3.44. The van der Waals surface area contributed by atoms with Crippen LogP contribution in [0.25, 0.3) is 6.08 Å². The molecular formula is C21H18BrClN2O3. The topological polar surface area (TPSA) is 51.1 Å². The molecule has 5 nitrogen and oxygen atoms in total. The van der Waals surface area contributed by atoms with E-state index in [1.807, 2.05) is 0 Å². The van der Waals surface area contributed by atoms with E-state index in [-0.39, 0.29) is 5.91 Å². The van der Waals surface area contributed by atoms with Crippen LogP contribution in [0, 0.1) is 0 Å². The Balaban J connectivity index is 1.95. The molecule has 0 saturated carbocycles. The minimum atomic E-state index is -0.210. The maximum absolute atomic E-state index is 12.9. The summed E-state index contributed by atoms with van der Waals surface area (Å²) >= 11 is 9.46. The van der Waals surface area contributed by atoms with Crippen LogP contribution >= 0.6 is 27.5 Å². The van der Waals surface area contributed by atoms with Crippen molar-refractivity contribution >= 4 is 50.9 Å². The lowest BCUT2D eigenvalue weighted by Crippen LogP contribution is -2.21. The van der Waals surface area contributed by atoms with Crippen molar-refractivity contribution < 1.29 is 14.3 Å². The van der Waals surface area contributed by atoms with Gasteiger partial charge in [-0.1, -0.05) is 40.2 Å². The van der Waals surface area contributed by atoms with E-state index in [2.05, 4.69) is 27.6 Å². The van der Waals surface area contributed by atoms with Crippen molar-refractivity contribution in [2.75, 3.05) is 18.7 Å². The van der Waals surface area contributed by atoms with E-state index in [1.54, 1.807) is 62.6 Å². The number of amides is 1. The molecule has 0 radical (unpaired) electrons. The molecule has 0 aromatic heterocycles. The molecule has 0 fully saturated rings. The van der Waals surface area contributed by atoms with Crippen LogP contribution in [0.2, 0.25) is 5.02 Å². The van der Waals surface area contributed by atoms with Crippen molar-refractivity contribution in [1.29, 1.82) is 0 Å². The summed E-state index contributed by atoms with van der Waals surface area (Å²) in [6, 6.07) is 10.6. The Hall–Kier alpha value is -2.57. The third-order valence-corrected chi connectivity index (χ3v) is 5.01. The molecular weight excluding hydrogens is 444 g/mol. The highest BCUT2D eigenvalue weighted by Crippen LogP contribution is 2.35. The van der Waals surface area contributed by atoms with E-state index in [0.717, 1.165) is 10.0 Å². The van der Waals surface area contributed by atoms with E-state index in [4.69, 9.17) is 21.1 Å². The first-order valence-corrected chi connectivity index (χ1v) is 9.60. The van der Waals surface area contributed by atoms with Gasteiger partial charge < -0.3 is 9.47 Å². The van der Waals surface area contributed by atoms with Crippen LogP contribution in [-0.2, 0) is 4.79 Å². The molecule has 7 heteroatoms. The number of anilines is 1. The second-order valence-corrected chi connectivity index (χ2v) is 7.25. The number of hydrogen-bond donors (Lipinski definition) is 0. The van der Waals surface area contributed by atoms with Crippen LogP contribution in [0.5, 0.6) is 11.5 Å². The van der Waals surface area contributed by atoms with Gasteiger partial charge in [0.1, 0.15) is 6.61 Å². The SMILES string of the molecule is C=CCOc1cc(Br)c(/C=C2/C(=O)N(c3ccc(Cl)cc3)N=C2C)cc1OC. The third kappa shape index (κ3) is 4.13. The third-order valence-electron chi connectivity index (χ3n) is 4.07. The molecule has 0 unspecified atom stereocenters. The molecule has 144 valence electrons. The molecule has 0 saturated heterocycles. The van der Waals surface area contributed by atoms with Gasteiger partial charge in [0.05, 0.1) is 24.1 Å². The van der Waals surface area contributed by atoms with Crippen LogP contribution in [0.1, 0.15) is 12.5 Å². The highest BCUT2D eigenvalue weighted by atomic mass is 79.9. The van der Waals surface area contributed by atoms with E-state index >= 15 is 0 Å². The van der Waals surface area contributed by atoms with Gasteiger partial charge in [0.25, 0.3) is 5.91 Å². The molecule has 0 N–H and O–H groups in total. The molecule has 0 atom stereocenters. The zero-order chi connectivity index (χ0) is 20.3. The molecule has 3 rings (SSSR count). The predicted octanol–water partition coefficient (Wildman–Crippen LogP) is 5.48. The normalized spacial score (nSPS) is 15.0. The minimum Gasteiger partial charge on any atom is -0.493 e. The number of ether oxygens (including phenoxy) is 2. The molecule has 0 aliphatic carbocycles. The number of hydrogen-bond acceptors (Lipinski definition) is 4. The summed E-state index contributed by atoms with van der Waals surface area (Å²) in [5.41, 5.74) is 2.55. The van der Waals surface area contributed by atoms with Crippen molar-refractivity contribution in [3.8, 4) is 11.5 Å². The minimum absolute atomic E-state index is 0.210. The number of methoxy groups -OCH3 is 1. The smallest absolute Gasteiger partial charge is 0.280 e. The van der Waals surface area contributed by atoms with E-state index < -0.39 is 0 Å². The van der Waals surface area contributed by atoms with Gasteiger partial charge in [-0.3, -0.25) is 4.79 Å². The largest absolute Gasteiger partial charge is 0.493 e. The summed E-state index contributed by atoms with van der Waals surface area (Å²) in [6.45, 7) is 5.81. The van der Waals surface area contributed by atoms with Gasteiger partial charge in [-0.2, -0.15) is 10.1 Å². The quantitative estimate of drug-likeness (QED) is 0.423. The summed E-state index contributed by atoms with van der Waals surface area (Å²) in [7, 11) is 1.57. The fraction of sp³-hybridized carbons (Fsp3) is 0.143. The lowest BCUT2D eigenvalue weighted by Gasteiger charge is -2.13. The number of halogens is 2. The van der Waals surface area contributed by atoms with E-state index in [1.165, 1.54) is 5.01 Å². The number of benzene rings is 2. The number of rotatable bonds is 6. The van der Waals surface area contributed by atoms with Crippen LogP contribution in [0.15, 0.2) is 64.2 Å². The second kappa shape index (κ2) is 8.63. The summed E-state index contributed by atoms with van der Waals surface area (Å²) in [4.78, 5) is 12.9. The number of carbonyl (C=O) groups is 1. The molecule has 0 bridgehead atoms. The molecule has 2 aromatic carbocycles. The molecule has 2 aromatic rings. The zero-order valence-corrected chi connectivity index (χ0v) is 17.8. The molecule has 1 aliphatic rings. The Morgan fingerprint density at radius 2 is 1.96 bits per heavy atom. The van der Waals surface area contributed by atoms with Crippen molar-refractivity contribution in [2.45, 2.75) is 6.92 Å². The Bertz CT molecular complexity index is 984. The Labute approximate surface area is 177 Å². The van der Waals surface area contributed by atoms with Crippen molar-refractivity contribution in [3.05, 3.63) is 69.7 Å². The maximum atomic E-state index is 12.9. The lowest BCUT2D eigenvalue weighted by molar-refractivity contribution is -0.114. The maximum Gasteiger partial charge on any atom is 0.280 e. The van der Waals surface area contributed by atoms with E-state index in [0.29, 0.717) is 40.1 Å². The van der Waals surface area contributed by atoms with Gasteiger partial charge in [0.15, 0.2) is 11.5 Å². The molecule has 0 spiro atoms. The Morgan fingerprint density at radius 3 is 2.61 bits per heavy atom. The van der Waals surface area contributed by atoms with Gasteiger partial charge in [-0.25, -0.2) is 0 Å². The van der Waals surface area contributed by atoms with Crippen LogP contribution < -0.4 is 14.5 Å². The van der Waals surface area contributed by atoms with Crippen molar-refractivity contribution in [3.63, 3.8) is 0 Å². The van der Waals surface area contributed by atoms with Crippen molar-refractivity contribution in [2.24, 2.45) is 5.10 Å². The summed E-state index contributed by atoms with van der Waals surface area (Å²) in [5, 5.41) is 6.35. The fourth-order valence-electron chi connectivity index (χ4n) is 2.68. The standard InChI is InChI=1S/C21H18BrClN2O3/c1-4-9-28-20-12-18(22)14(11-19(20)27-3)10-17-13(2)24-25(21(17)26)16-7-5-15(23)6-8-16/h4-8,10-12H,1,9H2,2-3H3/b17-10+. The lowest BCUT2D eigenvalue weighted by atomic mass is 10.1. The highest BCUT2D eigenvalue weighted by molar-refractivity contribution is 9.10. The van der Waals surface area contributed by atoms with E-state index in [9.17, 15) is 4.79 Å². The van der Waals surface area contributed by atoms with Crippen LogP contribution in [-0.4, -0.2) is 25.3 Å². The zero-order valence-electron chi connectivity index (χ0n) is 15.4. The molecule has 28 heavy (non-hydrogen) atoms. The Morgan fingerprint density at radius 1 is 1.25 bits per heavy atom. The highest BCUT2D eigenvalue weighted by Gasteiger charge is 2.29. The monoisotopic (exact) mass is 460 g/mol. The summed E-state index contributed by atoms with van der Waals surface area (Å²) in [5.74, 6) is 0.937. The van der Waals surface area contributed by atoms with Crippen molar-refractivity contribution in [1.82, 2.24) is 0 Å². The number of nitrogens with zero attached hydrogens (tertiary/aromatic N) is 2.